The van der Waals surface area contributed by atoms with Gasteiger partial charge in [-0.1, -0.05) is 37.3 Å². The molecule has 1 aromatic heterocycles. The Morgan fingerprint density at radius 1 is 1.29 bits per heavy atom. The third-order valence-corrected chi connectivity index (χ3v) is 6.23. The summed E-state index contributed by atoms with van der Waals surface area (Å²) in [6.07, 6.45) is 0.654. The Labute approximate surface area is 129 Å². The molecule has 1 unspecified atom stereocenters. The van der Waals surface area contributed by atoms with Gasteiger partial charge in [0.05, 0.1) is 11.5 Å². The molecule has 1 atom stereocenters. The number of benzene rings is 1. The number of aryl methyl sites for hydroxylation is 1. The molecule has 6 heteroatoms. The summed E-state index contributed by atoms with van der Waals surface area (Å²) in [5, 5.41) is 11.1. The van der Waals surface area contributed by atoms with Crippen molar-refractivity contribution in [2.75, 3.05) is 0 Å². The third-order valence-electron chi connectivity index (χ3n) is 3.31. The second-order valence-corrected chi connectivity index (χ2v) is 7.44. The molecule has 2 rings (SSSR count). The van der Waals surface area contributed by atoms with E-state index in [2.05, 4.69) is 4.72 Å². The maximum Gasteiger partial charge on any atom is 0.242 e. The topological polar surface area (TPSA) is 66.4 Å². The highest BCUT2D eigenvalue weighted by atomic mass is 32.2. The summed E-state index contributed by atoms with van der Waals surface area (Å²) in [5.74, 6) is 0. The zero-order valence-electron chi connectivity index (χ0n) is 12.0. The zero-order chi connectivity index (χ0) is 15.5. The summed E-state index contributed by atoms with van der Waals surface area (Å²) < 4.78 is 28.0. The van der Waals surface area contributed by atoms with E-state index in [0.29, 0.717) is 16.9 Å². The lowest BCUT2D eigenvalue weighted by molar-refractivity contribution is 0.282. The molecule has 0 amide bonds. The monoisotopic (exact) mass is 325 g/mol. The van der Waals surface area contributed by atoms with Crippen LogP contribution in [0.1, 0.15) is 35.4 Å². The highest BCUT2D eigenvalue weighted by Crippen LogP contribution is 2.28. The molecule has 0 fully saturated rings. The first-order valence-corrected chi connectivity index (χ1v) is 9.11. The van der Waals surface area contributed by atoms with Crippen LogP contribution in [0.15, 0.2) is 40.6 Å². The predicted octanol–water partition coefficient (Wildman–Crippen LogP) is 2.98. The van der Waals surface area contributed by atoms with Crippen LogP contribution >= 0.6 is 11.3 Å². The van der Waals surface area contributed by atoms with E-state index in [0.717, 1.165) is 5.56 Å². The molecule has 0 radical (unpaired) electrons. The van der Waals surface area contributed by atoms with Gasteiger partial charge in [-0.05, 0) is 29.9 Å². The van der Waals surface area contributed by atoms with Crippen molar-refractivity contribution in [2.45, 2.75) is 37.8 Å². The first kappa shape index (κ1) is 16.2. The number of nitrogens with one attached hydrogen (secondary N) is 1. The molecule has 0 aliphatic rings. The molecule has 2 N–H and O–H groups in total. The minimum Gasteiger partial charge on any atom is -0.391 e. The van der Waals surface area contributed by atoms with Gasteiger partial charge < -0.3 is 5.11 Å². The summed E-state index contributed by atoms with van der Waals surface area (Å²) >= 11 is 1.26. The Kier molecular flexibility index (Phi) is 5.16. The number of aliphatic hydroxyl groups is 1. The van der Waals surface area contributed by atoms with Crippen LogP contribution in [0.4, 0.5) is 0 Å². The van der Waals surface area contributed by atoms with E-state index >= 15 is 0 Å². The van der Waals surface area contributed by atoms with Crippen molar-refractivity contribution in [2.24, 2.45) is 0 Å². The van der Waals surface area contributed by atoms with Crippen molar-refractivity contribution in [3.8, 4) is 0 Å². The van der Waals surface area contributed by atoms with E-state index in [1.165, 1.54) is 11.3 Å². The van der Waals surface area contributed by atoms with Crippen LogP contribution < -0.4 is 4.72 Å². The van der Waals surface area contributed by atoms with Gasteiger partial charge in [0.15, 0.2) is 0 Å². The third kappa shape index (κ3) is 3.52. The van der Waals surface area contributed by atoms with Crippen LogP contribution in [-0.2, 0) is 16.6 Å². The van der Waals surface area contributed by atoms with Gasteiger partial charge in [-0.25, -0.2) is 13.1 Å². The van der Waals surface area contributed by atoms with Crippen molar-refractivity contribution >= 4 is 21.4 Å². The van der Waals surface area contributed by atoms with E-state index in [1.807, 2.05) is 37.3 Å². The number of aliphatic hydroxyl groups excluding tert-OH is 1. The molecule has 0 spiro atoms. The zero-order valence-corrected chi connectivity index (χ0v) is 13.7. The van der Waals surface area contributed by atoms with Gasteiger partial charge >= 0.3 is 0 Å². The van der Waals surface area contributed by atoms with Crippen molar-refractivity contribution in [3.63, 3.8) is 0 Å². The summed E-state index contributed by atoms with van der Waals surface area (Å²) in [7, 11) is -3.65. The lowest BCUT2D eigenvalue weighted by Gasteiger charge is -2.18. The van der Waals surface area contributed by atoms with Gasteiger partial charge in [-0.3, -0.25) is 0 Å². The van der Waals surface area contributed by atoms with Crippen LogP contribution in [0.3, 0.4) is 0 Å². The van der Waals surface area contributed by atoms with Crippen LogP contribution in [0.2, 0.25) is 0 Å². The quantitative estimate of drug-likeness (QED) is 0.858. The summed E-state index contributed by atoms with van der Waals surface area (Å²) in [6.45, 7) is 3.41. The van der Waals surface area contributed by atoms with Crippen LogP contribution in [0.25, 0.3) is 0 Å². The van der Waals surface area contributed by atoms with Gasteiger partial charge in [-0.15, -0.1) is 11.3 Å². The summed E-state index contributed by atoms with van der Waals surface area (Å²) in [4.78, 5) is 0.687. The summed E-state index contributed by atoms with van der Waals surface area (Å²) in [6, 6.07) is 9.22. The van der Waals surface area contributed by atoms with Crippen LogP contribution in [0.5, 0.6) is 0 Å². The number of rotatable bonds is 6. The largest absolute Gasteiger partial charge is 0.391 e. The molecule has 2 aromatic rings. The number of thiophene rings is 1. The molecule has 21 heavy (non-hydrogen) atoms. The average Bonchev–Trinajstić information content (AvgIpc) is 2.87. The van der Waals surface area contributed by atoms with Crippen LogP contribution in [0, 0.1) is 6.92 Å². The van der Waals surface area contributed by atoms with E-state index < -0.39 is 10.0 Å². The molecular weight excluding hydrogens is 306 g/mol. The lowest BCUT2D eigenvalue weighted by Crippen LogP contribution is -2.29. The lowest BCUT2D eigenvalue weighted by atomic mass is 10.1. The Balaban J connectivity index is 2.34. The molecule has 4 nitrogen and oxygen atoms in total. The number of hydrogen-bond acceptors (Lipinski definition) is 4. The van der Waals surface area contributed by atoms with Crippen molar-refractivity contribution in [1.29, 1.82) is 0 Å². The van der Waals surface area contributed by atoms with Gasteiger partial charge in [0.2, 0.25) is 10.0 Å². The predicted molar refractivity (Wildman–Crippen MR) is 84.8 cm³/mol. The smallest absolute Gasteiger partial charge is 0.242 e. The maximum atomic E-state index is 12.6. The molecule has 0 bridgehead atoms. The second kappa shape index (κ2) is 6.70. The van der Waals surface area contributed by atoms with Gasteiger partial charge in [0.25, 0.3) is 0 Å². The Morgan fingerprint density at radius 2 is 1.95 bits per heavy atom. The Morgan fingerprint density at radius 3 is 2.52 bits per heavy atom. The first-order chi connectivity index (χ1) is 9.99. The SMILES string of the molecule is CCC(NS(=O)(=O)c1c(C)csc1CO)c1ccccc1. The average molecular weight is 325 g/mol. The first-order valence-electron chi connectivity index (χ1n) is 6.74. The fourth-order valence-electron chi connectivity index (χ4n) is 2.28. The van der Waals surface area contributed by atoms with E-state index in [9.17, 15) is 13.5 Å². The second-order valence-electron chi connectivity index (χ2n) is 4.82. The molecule has 0 aliphatic heterocycles. The number of hydrogen-bond donors (Lipinski definition) is 2. The maximum absolute atomic E-state index is 12.6. The van der Waals surface area contributed by atoms with Crippen molar-refractivity contribution in [1.82, 2.24) is 4.72 Å². The Bertz CT molecular complexity index is 693. The molecular formula is C15H19NO3S2. The van der Waals surface area contributed by atoms with Gasteiger partial charge in [0.1, 0.15) is 4.90 Å². The molecule has 1 heterocycles. The van der Waals surface area contributed by atoms with Crippen molar-refractivity contribution < 1.29 is 13.5 Å². The number of sulfonamides is 1. The molecule has 0 saturated heterocycles. The fraction of sp³-hybridized carbons (Fsp3) is 0.333. The molecule has 0 saturated carbocycles. The van der Waals surface area contributed by atoms with E-state index in [-0.39, 0.29) is 17.5 Å². The fourth-order valence-corrected chi connectivity index (χ4v) is 5.25. The highest BCUT2D eigenvalue weighted by molar-refractivity contribution is 7.89. The normalized spacial score (nSPS) is 13.3. The van der Waals surface area contributed by atoms with Gasteiger partial charge in [-0.2, -0.15) is 0 Å². The Hall–Kier alpha value is -1.21. The molecule has 1 aromatic carbocycles. The van der Waals surface area contributed by atoms with E-state index in [1.54, 1.807) is 12.3 Å². The van der Waals surface area contributed by atoms with Crippen molar-refractivity contribution in [3.05, 3.63) is 51.7 Å². The van der Waals surface area contributed by atoms with Gasteiger partial charge in [0, 0.05) is 6.04 Å². The van der Waals surface area contributed by atoms with E-state index in [4.69, 9.17) is 0 Å². The minimum atomic E-state index is -3.65. The molecule has 114 valence electrons. The summed E-state index contributed by atoms with van der Waals surface area (Å²) in [5.41, 5.74) is 1.60. The molecule has 0 aliphatic carbocycles. The minimum absolute atomic E-state index is 0.212. The van der Waals surface area contributed by atoms with Crippen LogP contribution in [-0.4, -0.2) is 13.5 Å². The highest BCUT2D eigenvalue weighted by Gasteiger charge is 2.25. The standard InChI is InChI=1S/C15H19NO3S2/c1-3-13(12-7-5-4-6-8-12)16-21(18,19)15-11(2)10-20-14(15)9-17/h4-8,10,13,16-17H,3,9H2,1-2H3.